The first-order valence-electron chi connectivity index (χ1n) is 9.33. The van der Waals surface area contributed by atoms with E-state index >= 15 is 0 Å². The second-order valence-electron chi connectivity index (χ2n) is 7.18. The van der Waals surface area contributed by atoms with Gasteiger partial charge in [0.05, 0.1) is 6.61 Å². The number of rotatable bonds is 7. The number of aryl methyl sites for hydroxylation is 2. The minimum atomic E-state index is -0.755. The van der Waals surface area contributed by atoms with Crippen molar-refractivity contribution >= 4 is 11.8 Å². The van der Waals surface area contributed by atoms with E-state index in [1.54, 1.807) is 31.2 Å². The molecule has 6 nitrogen and oxygen atoms in total. The summed E-state index contributed by atoms with van der Waals surface area (Å²) in [4.78, 5) is 24.3. The largest absolute Gasteiger partial charge is 0.493 e. The van der Waals surface area contributed by atoms with Crippen molar-refractivity contribution in [3.05, 3.63) is 59.2 Å². The summed E-state index contributed by atoms with van der Waals surface area (Å²) >= 11 is 0. The van der Waals surface area contributed by atoms with Crippen LogP contribution in [0.5, 0.6) is 11.5 Å². The van der Waals surface area contributed by atoms with Crippen LogP contribution in [0, 0.1) is 19.8 Å². The van der Waals surface area contributed by atoms with Crippen LogP contribution in [0.4, 0.5) is 0 Å². The second-order valence-corrected chi connectivity index (χ2v) is 7.18. The van der Waals surface area contributed by atoms with Gasteiger partial charge in [0.2, 0.25) is 0 Å². The fourth-order valence-corrected chi connectivity index (χ4v) is 2.30. The zero-order valence-corrected chi connectivity index (χ0v) is 17.0. The zero-order chi connectivity index (χ0) is 20.7. The van der Waals surface area contributed by atoms with Gasteiger partial charge in [0.1, 0.15) is 11.5 Å². The number of hydrazine groups is 1. The maximum Gasteiger partial charge on any atom is 0.279 e. The Morgan fingerprint density at radius 1 is 0.893 bits per heavy atom. The molecular weight excluding hydrogens is 356 g/mol. The van der Waals surface area contributed by atoms with E-state index in [4.69, 9.17) is 9.47 Å². The highest BCUT2D eigenvalue weighted by atomic mass is 16.5. The van der Waals surface area contributed by atoms with Gasteiger partial charge in [-0.1, -0.05) is 19.9 Å². The number of amides is 2. The lowest BCUT2D eigenvalue weighted by atomic mass is 10.1. The average molecular weight is 384 g/mol. The summed E-state index contributed by atoms with van der Waals surface area (Å²) in [5.74, 6) is 0.871. The maximum absolute atomic E-state index is 12.2. The second kappa shape index (κ2) is 9.78. The van der Waals surface area contributed by atoms with Crippen molar-refractivity contribution in [2.24, 2.45) is 5.92 Å². The third-order valence-electron chi connectivity index (χ3n) is 4.16. The van der Waals surface area contributed by atoms with Crippen molar-refractivity contribution in [2.75, 3.05) is 6.61 Å². The molecule has 1 atom stereocenters. The van der Waals surface area contributed by atoms with E-state index in [0.717, 1.165) is 11.1 Å². The number of carbonyl (C=O) groups is 2. The molecule has 0 aliphatic rings. The number of carbonyl (C=O) groups excluding carboxylic acids is 2. The van der Waals surface area contributed by atoms with Crippen molar-refractivity contribution in [1.29, 1.82) is 0 Å². The van der Waals surface area contributed by atoms with Gasteiger partial charge in [0.25, 0.3) is 11.8 Å². The molecule has 2 N–H and O–H groups in total. The van der Waals surface area contributed by atoms with E-state index in [1.807, 2.05) is 32.0 Å². The van der Waals surface area contributed by atoms with Crippen LogP contribution in [0.25, 0.3) is 0 Å². The lowest BCUT2D eigenvalue weighted by Gasteiger charge is -2.16. The SMILES string of the molecule is Cc1ccc(OC(C)C(=O)NNC(=O)c2ccc(OCC(C)C)cc2)cc1C. The molecule has 0 aliphatic heterocycles. The predicted octanol–water partition coefficient (Wildman–Crippen LogP) is 3.57. The Hall–Kier alpha value is -3.02. The highest BCUT2D eigenvalue weighted by Crippen LogP contribution is 2.17. The Kier molecular flexibility index (Phi) is 7.44. The van der Waals surface area contributed by atoms with E-state index in [2.05, 4.69) is 24.7 Å². The molecule has 0 radical (unpaired) electrons. The number of benzene rings is 2. The van der Waals surface area contributed by atoms with Crippen LogP contribution < -0.4 is 20.3 Å². The van der Waals surface area contributed by atoms with Crippen molar-refractivity contribution in [3.63, 3.8) is 0 Å². The fourth-order valence-electron chi connectivity index (χ4n) is 2.30. The molecule has 0 aliphatic carbocycles. The van der Waals surface area contributed by atoms with Gasteiger partial charge in [-0.3, -0.25) is 20.4 Å². The van der Waals surface area contributed by atoms with Gasteiger partial charge in [-0.15, -0.1) is 0 Å². The Bertz CT molecular complexity index is 816. The van der Waals surface area contributed by atoms with Crippen molar-refractivity contribution in [1.82, 2.24) is 10.9 Å². The molecule has 2 rings (SSSR count). The predicted molar refractivity (Wildman–Crippen MR) is 108 cm³/mol. The first-order chi connectivity index (χ1) is 13.3. The molecule has 2 aromatic rings. The number of hydrogen-bond donors (Lipinski definition) is 2. The normalized spacial score (nSPS) is 11.6. The van der Waals surface area contributed by atoms with Gasteiger partial charge in [0.15, 0.2) is 6.10 Å². The van der Waals surface area contributed by atoms with Gasteiger partial charge >= 0.3 is 0 Å². The molecule has 0 spiro atoms. The third kappa shape index (κ3) is 6.30. The zero-order valence-electron chi connectivity index (χ0n) is 17.0. The molecule has 0 heterocycles. The molecule has 2 aromatic carbocycles. The summed E-state index contributed by atoms with van der Waals surface area (Å²) in [6, 6.07) is 12.4. The molecule has 1 unspecified atom stereocenters. The topological polar surface area (TPSA) is 76.7 Å². The van der Waals surface area contributed by atoms with Crippen molar-refractivity contribution in [3.8, 4) is 11.5 Å². The molecule has 6 heteroatoms. The lowest BCUT2D eigenvalue weighted by Crippen LogP contribution is -2.47. The summed E-state index contributed by atoms with van der Waals surface area (Å²) in [6.07, 6.45) is -0.755. The molecule has 0 saturated carbocycles. The van der Waals surface area contributed by atoms with E-state index in [-0.39, 0.29) is 0 Å². The molecule has 28 heavy (non-hydrogen) atoms. The molecule has 0 aromatic heterocycles. The molecule has 150 valence electrons. The lowest BCUT2D eigenvalue weighted by molar-refractivity contribution is -0.128. The van der Waals surface area contributed by atoms with Crippen LogP contribution in [0.2, 0.25) is 0 Å². The number of ether oxygens (including phenoxy) is 2. The summed E-state index contributed by atoms with van der Waals surface area (Å²) in [5, 5.41) is 0. The molecule has 0 bridgehead atoms. The Balaban J connectivity index is 1.83. The highest BCUT2D eigenvalue weighted by molar-refractivity contribution is 5.95. The monoisotopic (exact) mass is 384 g/mol. The van der Waals surface area contributed by atoms with E-state index < -0.39 is 17.9 Å². The fraction of sp³-hybridized carbons (Fsp3) is 0.364. The minimum Gasteiger partial charge on any atom is -0.493 e. The van der Waals surface area contributed by atoms with Crippen LogP contribution in [-0.4, -0.2) is 24.5 Å². The first-order valence-corrected chi connectivity index (χ1v) is 9.33. The van der Waals surface area contributed by atoms with Crippen LogP contribution in [-0.2, 0) is 4.79 Å². The Morgan fingerprint density at radius 2 is 1.54 bits per heavy atom. The first kappa shape index (κ1) is 21.3. The Morgan fingerprint density at radius 3 is 2.14 bits per heavy atom. The average Bonchev–Trinajstić information content (AvgIpc) is 2.67. The highest BCUT2D eigenvalue weighted by Gasteiger charge is 2.16. The van der Waals surface area contributed by atoms with E-state index in [9.17, 15) is 9.59 Å². The third-order valence-corrected chi connectivity index (χ3v) is 4.16. The van der Waals surface area contributed by atoms with E-state index in [1.165, 1.54) is 0 Å². The van der Waals surface area contributed by atoms with Gasteiger partial charge in [-0.25, -0.2) is 0 Å². The molecular formula is C22H28N2O4. The van der Waals surface area contributed by atoms with Crippen LogP contribution in [0.1, 0.15) is 42.3 Å². The minimum absolute atomic E-state index is 0.415. The summed E-state index contributed by atoms with van der Waals surface area (Å²) in [5.41, 5.74) is 7.43. The van der Waals surface area contributed by atoms with Gasteiger partial charge in [-0.05, 0) is 74.2 Å². The van der Waals surface area contributed by atoms with Gasteiger partial charge in [0, 0.05) is 5.56 Å². The van der Waals surface area contributed by atoms with Crippen LogP contribution in [0.3, 0.4) is 0 Å². The van der Waals surface area contributed by atoms with Gasteiger partial charge < -0.3 is 9.47 Å². The van der Waals surface area contributed by atoms with Crippen molar-refractivity contribution < 1.29 is 19.1 Å². The number of hydrogen-bond acceptors (Lipinski definition) is 4. The maximum atomic E-state index is 12.2. The molecule has 0 saturated heterocycles. The molecule has 2 amide bonds. The number of nitrogens with one attached hydrogen (secondary N) is 2. The summed E-state index contributed by atoms with van der Waals surface area (Å²) < 4.78 is 11.2. The van der Waals surface area contributed by atoms with Crippen molar-refractivity contribution in [2.45, 2.75) is 40.7 Å². The summed E-state index contributed by atoms with van der Waals surface area (Å²) in [6.45, 7) is 10.3. The quantitative estimate of drug-likeness (QED) is 0.716. The Labute approximate surface area is 166 Å². The standard InChI is InChI=1S/C22H28N2O4/c1-14(2)13-27-19-10-7-18(8-11-19)22(26)24-23-21(25)17(5)28-20-9-6-15(3)16(4)12-20/h6-12,14,17H,13H2,1-5H3,(H,23,25)(H,24,26). The van der Waals surface area contributed by atoms with Crippen LogP contribution >= 0.6 is 0 Å². The van der Waals surface area contributed by atoms with Crippen LogP contribution in [0.15, 0.2) is 42.5 Å². The smallest absolute Gasteiger partial charge is 0.279 e. The van der Waals surface area contributed by atoms with Gasteiger partial charge in [-0.2, -0.15) is 0 Å². The molecule has 0 fully saturated rings. The summed E-state index contributed by atoms with van der Waals surface area (Å²) in [7, 11) is 0. The van der Waals surface area contributed by atoms with E-state index in [0.29, 0.717) is 29.6 Å².